The molecule has 110 valence electrons. The normalized spacial score (nSPS) is 24.0. The molecule has 0 radical (unpaired) electrons. The molecule has 0 amide bonds. The van der Waals surface area contributed by atoms with E-state index in [4.69, 9.17) is 21.1 Å². The average Bonchev–Trinajstić information content (AvgIpc) is 2.93. The number of ether oxygens (including phenoxy) is 2. The lowest BCUT2D eigenvalue weighted by Crippen LogP contribution is -2.37. The van der Waals surface area contributed by atoms with Gasteiger partial charge in [-0.2, -0.15) is 0 Å². The van der Waals surface area contributed by atoms with Crippen LogP contribution in [0.15, 0.2) is 36.9 Å². The Bertz CT molecular complexity index is 657. The van der Waals surface area contributed by atoms with Crippen LogP contribution in [-0.4, -0.2) is 21.6 Å². The Balaban J connectivity index is 2.09. The Labute approximate surface area is 127 Å². The Kier molecular flexibility index (Phi) is 3.59. The molecule has 3 rings (SSSR count). The first-order chi connectivity index (χ1) is 10.1. The molecule has 5 nitrogen and oxygen atoms in total. The van der Waals surface area contributed by atoms with E-state index in [2.05, 4.69) is 4.98 Å². The minimum atomic E-state index is -0.464. The summed E-state index contributed by atoms with van der Waals surface area (Å²) in [5, 5.41) is 0.577. The van der Waals surface area contributed by atoms with Crippen molar-refractivity contribution in [2.45, 2.75) is 32.1 Å². The van der Waals surface area contributed by atoms with Gasteiger partial charge in [-0.1, -0.05) is 11.6 Å². The molecule has 1 aromatic carbocycles. The maximum Gasteiger partial charge on any atom is 0.303 e. The summed E-state index contributed by atoms with van der Waals surface area (Å²) < 4.78 is 13.4. The van der Waals surface area contributed by atoms with Gasteiger partial charge < -0.3 is 14.0 Å². The third-order valence-electron chi connectivity index (χ3n) is 3.54. The summed E-state index contributed by atoms with van der Waals surface area (Å²) in [6.07, 6.45) is 4.57. The summed E-state index contributed by atoms with van der Waals surface area (Å²) in [5.41, 5.74) is 0.773. The fourth-order valence-electron chi connectivity index (χ4n) is 2.71. The van der Waals surface area contributed by atoms with Crippen LogP contribution in [0.1, 0.15) is 31.6 Å². The van der Waals surface area contributed by atoms with Crippen LogP contribution < -0.4 is 4.74 Å². The summed E-state index contributed by atoms with van der Waals surface area (Å²) in [6.45, 7) is 3.34. The molecule has 0 N–H and O–H groups in total. The highest BCUT2D eigenvalue weighted by molar-refractivity contribution is 6.30. The first kappa shape index (κ1) is 13.9. The van der Waals surface area contributed by atoms with Crippen molar-refractivity contribution in [2.24, 2.45) is 0 Å². The summed E-state index contributed by atoms with van der Waals surface area (Å²) in [5.74, 6) is 0.347. The van der Waals surface area contributed by atoms with Crippen LogP contribution in [0, 0.1) is 0 Å². The van der Waals surface area contributed by atoms with Gasteiger partial charge in [0.25, 0.3) is 0 Å². The van der Waals surface area contributed by atoms with Crippen LogP contribution in [-0.2, 0) is 9.53 Å². The van der Waals surface area contributed by atoms with Gasteiger partial charge in [-0.3, -0.25) is 4.79 Å². The zero-order valence-corrected chi connectivity index (χ0v) is 12.4. The van der Waals surface area contributed by atoms with Gasteiger partial charge >= 0.3 is 5.97 Å². The molecule has 21 heavy (non-hydrogen) atoms. The molecule has 2 heterocycles. The van der Waals surface area contributed by atoms with Crippen LogP contribution in [0.5, 0.6) is 5.75 Å². The number of hydrogen-bond donors (Lipinski definition) is 0. The van der Waals surface area contributed by atoms with Gasteiger partial charge in [0.2, 0.25) is 0 Å². The minimum absolute atomic E-state index is 0.169. The number of nitrogens with zero attached hydrogens (tertiary/aromatic N) is 2. The maximum absolute atomic E-state index is 11.5. The quantitative estimate of drug-likeness (QED) is 0.800. The molecule has 1 aliphatic heterocycles. The number of benzene rings is 1. The highest BCUT2D eigenvalue weighted by atomic mass is 35.5. The second-order valence-corrected chi connectivity index (χ2v) is 5.47. The monoisotopic (exact) mass is 306 g/mol. The predicted octanol–water partition coefficient (Wildman–Crippen LogP) is 3.16. The molecular weight excluding hydrogens is 292 g/mol. The second-order valence-electron chi connectivity index (χ2n) is 5.04. The average molecular weight is 307 g/mol. The Hall–Kier alpha value is -2.01. The Morgan fingerprint density at radius 1 is 1.48 bits per heavy atom. The summed E-state index contributed by atoms with van der Waals surface area (Å²) in [4.78, 5) is 15.6. The van der Waals surface area contributed by atoms with Gasteiger partial charge in [0, 0.05) is 29.9 Å². The van der Waals surface area contributed by atoms with E-state index in [9.17, 15) is 4.79 Å². The lowest BCUT2D eigenvalue weighted by Gasteiger charge is -2.38. The van der Waals surface area contributed by atoms with E-state index in [0.717, 1.165) is 5.56 Å². The number of carbonyl (C=O) groups excluding carboxylic acids is 1. The predicted molar refractivity (Wildman–Crippen MR) is 77.3 cm³/mol. The van der Waals surface area contributed by atoms with Gasteiger partial charge in [0.15, 0.2) is 6.10 Å². The molecule has 0 bridgehead atoms. The van der Waals surface area contributed by atoms with E-state index in [1.165, 1.54) is 6.92 Å². The summed E-state index contributed by atoms with van der Waals surface area (Å²) >= 11 is 6.07. The topological polar surface area (TPSA) is 53.4 Å². The van der Waals surface area contributed by atoms with E-state index in [-0.39, 0.29) is 18.1 Å². The molecule has 2 aromatic rings. The molecular formula is C15H15ClN2O3. The minimum Gasteiger partial charge on any atom is -0.488 e. The fourth-order valence-corrected chi connectivity index (χ4v) is 2.89. The smallest absolute Gasteiger partial charge is 0.303 e. The van der Waals surface area contributed by atoms with Crippen molar-refractivity contribution in [3.63, 3.8) is 0 Å². The Morgan fingerprint density at radius 3 is 2.95 bits per heavy atom. The van der Waals surface area contributed by atoms with E-state index in [1.807, 2.05) is 17.7 Å². The van der Waals surface area contributed by atoms with Crippen molar-refractivity contribution >= 4 is 17.6 Å². The molecule has 3 atom stereocenters. The van der Waals surface area contributed by atoms with Crippen molar-refractivity contribution in [1.82, 2.24) is 9.55 Å². The van der Waals surface area contributed by atoms with Crippen molar-refractivity contribution in [2.75, 3.05) is 0 Å². The van der Waals surface area contributed by atoms with E-state index in [0.29, 0.717) is 10.8 Å². The maximum atomic E-state index is 11.5. The SMILES string of the molecule is CC(=O)OC1c2cc(Cl)ccc2OC(C)C1n1ccnc1. The van der Waals surface area contributed by atoms with Crippen LogP contribution in [0.3, 0.4) is 0 Å². The number of halogens is 1. The number of hydrogen-bond acceptors (Lipinski definition) is 4. The van der Waals surface area contributed by atoms with E-state index in [1.54, 1.807) is 30.7 Å². The van der Waals surface area contributed by atoms with Crippen molar-refractivity contribution < 1.29 is 14.3 Å². The van der Waals surface area contributed by atoms with Gasteiger partial charge in [-0.15, -0.1) is 0 Å². The van der Waals surface area contributed by atoms with Crippen LogP contribution in [0.2, 0.25) is 5.02 Å². The summed E-state index contributed by atoms with van der Waals surface area (Å²) in [7, 11) is 0. The standard InChI is InChI=1S/C15H15ClN2O3/c1-9-14(18-6-5-17-8-18)15(21-10(2)19)12-7-11(16)3-4-13(12)20-9/h3-9,14-15H,1-2H3. The second kappa shape index (κ2) is 5.41. The fraction of sp³-hybridized carbons (Fsp3) is 0.333. The molecule has 0 fully saturated rings. The number of imidazole rings is 1. The lowest BCUT2D eigenvalue weighted by atomic mass is 9.94. The van der Waals surface area contributed by atoms with Crippen LogP contribution in [0.25, 0.3) is 0 Å². The molecule has 0 saturated carbocycles. The molecule has 0 spiro atoms. The first-order valence-corrected chi connectivity index (χ1v) is 7.05. The largest absolute Gasteiger partial charge is 0.488 e. The first-order valence-electron chi connectivity index (χ1n) is 6.67. The zero-order chi connectivity index (χ0) is 15.0. The molecule has 0 aliphatic carbocycles. The Morgan fingerprint density at radius 2 is 2.29 bits per heavy atom. The molecule has 3 unspecified atom stereocenters. The van der Waals surface area contributed by atoms with Gasteiger partial charge in [-0.05, 0) is 25.1 Å². The number of aromatic nitrogens is 2. The van der Waals surface area contributed by atoms with Crippen LogP contribution >= 0.6 is 11.6 Å². The van der Waals surface area contributed by atoms with Crippen molar-refractivity contribution in [3.8, 4) is 5.75 Å². The zero-order valence-electron chi connectivity index (χ0n) is 11.7. The van der Waals surface area contributed by atoms with Crippen molar-refractivity contribution in [1.29, 1.82) is 0 Å². The van der Waals surface area contributed by atoms with Gasteiger partial charge in [-0.25, -0.2) is 4.98 Å². The molecule has 6 heteroatoms. The lowest BCUT2D eigenvalue weighted by molar-refractivity contribution is -0.152. The number of rotatable bonds is 2. The van der Waals surface area contributed by atoms with Crippen molar-refractivity contribution in [3.05, 3.63) is 47.5 Å². The highest BCUT2D eigenvalue weighted by Gasteiger charge is 2.39. The molecule has 0 saturated heterocycles. The van der Waals surface area contributed by atoms with E-state index >= 15 is 0 Å². The number of carbonyl (C=O) groups is 1. The van der Waals surface area contributed by atoms with Gasteiger partial charge in [0.1, 0.15) is 17.9 Å². The summed E-state index contributed by atoms with van der Waals surface area (Å²) in [6, 6.07) is 5.15. The number of fused-ring (bicyclic) bond motifs is 1. The van der Waals surface area contributed by atoms with Gasteiger partial charge in [0.05, 0.1) is 6.33 Å². The van der Waals surface area contributed by atoms with E-state index < -0.39 is 6.10 Å². The third kappa shape index (κ3) is 2.61. The molecule has 1 aromatic heterocycles. The van der Waals surface area contributed by atoms with Crippen LogP contribution in [0.4, 0.5) is 0 Å². The number of esters is 1. The third-order valence-corrected chi connectivity index (χ3v) is 3.78. The highest BCUT2D eigenvalue weighted by Crippen LogP contribution is 2.44. The molecule has 1 aliphatic rings.